The second kappa shape index (κ2) is 6.63. The zero-order valence-electron chi connectivity index (χ0n) is 13.6. The topological polar surface area (TPSA) is 35.3 Å². The maximum Gasteiger partial charge on any atom is 0.416 e. The van der Waals surface area contributed by atoms with Crippen molar-refractivity contribution >= 4 is 0 Å². The standard InChI is InChI=1S/C19H15F3NO2/c1-12-4-3-5-16(10-12)24-11-17-13(2)23-18(25-17)14-6-8-15(9-7-14)19(20,21)22/h3-9H,11H2,1-2H3. The Bertz CT molecular complexity index is 867. The summed E-state index contributed by atoms with van der Waals surface area (Å²) in [7, 11) is 0. The highest BCUT2D eigenvalue weighted by atomic mass is 19.4. The summed E-state index contributed by atoms with van der Waals surface area (Å²) in [6, 6.07) is 13.3. The number of aromatic nitrogens is 1. The summed E-state index contributed by atoms with van der Waals surface area (Å²) in [6.07, 6.45) is -4.37. The van der Waals surface area contributed by atoms with Crippen LogP contribution >= 0.6 is 0 Å². The molecular weight excluding hydrogens is 331 g/mol. The second-order valence-corrected chi connectivity index (χ2v) is 5.59. The third-order valence-corrected chi connectivity index (χ3v) is 3.62. The average Bonchev–Trinajstić information content (AvgIpc) is 2.93. The van der Waals surface area contributed by atoms with Crippen LogP contribution in [-0.4, -0.2) is 4.98 Å². The van der Waals surface area contributed by atoms with Crippen molar-refractivity contribution < 1.29 is 22.3 Å². The molecule has 0 N–H and O–H groups in total. The Hall–Kier alpha value is -2.76. The fourth-order valence-corrected chi connectivity index (χ4v) is 2.27. The van der Waals surface area contributed by atoms with Crippen molar-refractivity contribution in [1.82, 2.24) is 4.98 Å². The summed E-state index contributed by atoms with van der Waals surface area (Å²) in [5.41, 5.74) is 1.35. The molecule has 1 radical (unpaired) electrons. The fraction of sp³-hybridized carbons (Fsp3) is 0.211. The van der Waals surface area contributed by atoms with Crippen LogP contribution in [0.5, 0.6) is 5.75 Å². The molecule has 25 heavy (non-hydrogen) atoms. The van der Waals surface area contributed by atoms with Gasteiger partial charge in [0.25, 0.3) is 0 Å². The van der Waals surface area contributed by atoms with Gasteiger partial charge in [0.2, 0.25) is 5.89 Å². The minimum Gasteiger partial charge on any atom is -0.485 e. The largest absolute Gasteiger partial charge is 0.485 e. The predicted molar refractivity (Wildman–Crippen MR) is 86.0 cm³/mol. The lowest BCUT2D eigenvalue weighted by Gasteiger charge is -2.06. The Morgan fingerprint density at radius 2 is 1.80 bits per heavy atom. The Kier molecular flexibility index (Phi) is 4.53. The predicted octanol–water partition coefficient (Wildman–Crippen LogP) is 5.36. The number of oxazole rings is 1. The van der Waals surface area contributed by atoms with E-state index in [1.165, 1.54) is 12.1 Å². The highest BCUT2D eigenvalue weighted by Crippen LogP contribution is 2.31. The molecule has 3 aromatic rings. The first kappa shape index (κ1) is 17.1. The van der Waals surface area contributed by atoms with Gasteiger partial charge in [0, 0.05) is 11.6 Å². The first-order valence-corrected chi connectivity index (χ1v) is 7.58. The molecule has 0 unspecified atom stereocenters. The van der Waals surface area contributed by atoms with Crippen LogP contribution in [0.25, 0.3) is 11.5 Å². The van der Waals surface area contributed by atoms with E-state index >= 15 is 0 Å². The van der Waals surface area contributed by atoms with Crippen molar-refractivity contribution in [3.8, 4) is 17.2 Å². The first-order chi connectivity index (χ1) is 11.8. The normalized spacial score (nSPS) is 11.6. The fourth-order valence-electron chi connectivity index (χ4n) is 2.27. The Balaban J connectivity index is 1.76. The van der Waals surface area contributed by atoms with Crippen molar-refractivity contribution in [3.63, 3.8) is 0 Å². The van der Waals surface area contributed by atoms with Gasteiger partial charge in [-0.3, -0.25) is 0 Å². The molecule has 0 spiro atoms. The molecular formula is C19H15F3NO2. The maximum atomic E-state index is 12.6. The van der Waals surface area contributed by atoms with E-state index in [1.54, 1.807) is 13.0 Å². The molecule has 6 heteroatoms. The highest BCUT2D eigenvalue weighted by Gasteiger charge is 2.30. The monoisotopic (exact) mass is 346 g/mol. The van der Waals surface area contributed by atoms with E-state index in [2.05, 4.69) is 11.1 Å². The van der Waals surface area contributed by atoms with E-state index in [1.807, 2.05) is 19.1 Å². The Morgan fingerprint density at radius 1 is 1.08 bits per heavy atom. The van der Waals surface area contributed by atoms with Crippen LogP contribution in [0.2, 0.25) is 0 Å². The molecule has 0 aliphatic heterocycles. The van der Waals surface area contributed by atoms with Crippen LogP contribution in [0.3, 0.4) is 0 Å². The van der Waals surface area contributed by atoms with Gasteiger partial charge in [0.15, 0.2) is 5.76 Å². The lowest BCUT2D eigenvalue weighted by molar-refractivity contribution is -0.137. The van der Waals surface area contributed by atoms with Crippen molar-refractivity contribution in [2.75, 3.05) is 0 Å². The minimum absolute atomic E-state index is 0.166. The molecule has 0 fully saturated rings. The molecule has 2 aromatic carbocycles. The number of hydrogen-bond acceptors (Lipinski definition) is 3. The van der Waals surface area contributed by atoms with Crippen molar-refractivity contribution in [3.05, 3.63) is 71.1 Å². The summed E-state index contributed by atoms with van der Waals surface area (Å²) in [5, 5.41) is 0. The van der Waals surface area contributed by atoms with Crippen LogP contribution in [0.1, 0.15) is 22.6 Å². The van der Waals surface area contributed by atoms with Gasteiger partial charge in [-0.05, 0) is 49.7 Å². The molecule has 0 saturated carbocycles. The molecule has 3 rings (SSSR count). The van der Waals surface area contributed by atoms with Crippen LogP contribution in [-0.2, 0) is 12.8 Å². The number of ether oxygens (including phenoxy) is 1. The van der Waals surface area contributed by atoms with Gasteiger partial charge in [-0.2, -0.15) is 13.2 Å². The molecule has 0 saturated heterocycles. The van der Waals surface area contributed by atoms with Crippen molar-refractivity contribution in [1.29, 1.82) is 0 Å². The zero-order chi connectivity index (χ0) is 18.0. The van der Waals surface area contributed by atoms with E-state index in [0.29, 0.717) is 22.8 Å². The summed E-state index contributed by atoms with van der Waals surface area (Å²) in [6.45, 7) is 3.84. The zero-order valence-corrected chi connectivity index (χ0v) is 13.6. The number of benzene rings is 2. The number of nitrogens with zero attached hydrogens (tertiary/aromatic N) is 1. The van der Waals surface area contributed by atoms with Gasteiger partial charge in [-0.25, -0.2) is 4.98 Å². The molecule has 0 aliphatic rings. The van der Waals surface area contributed by atoms with Gasteiger partial charge >= 0.3 is 6.18 Å². The number of halogens is 3. The maximum absolute atomic E-state index is 12.6. The molecule has 1 heterocycles. The number of alkyl halides is 3. The van der Waals surface area contributed by atoms with E-state index in [0.717, 1.165) is 17.7 Å². The Labute approximate surface area is 143 Å². The van der Waals surface area contributed by atoms with E-state index in [9.17, 15) is 13.2 Å². The SMILES string of the molecule is Cc1[c]c(OCc2oc(-c3ccc(C(F)(F)F)cc3)nc2C)ccc1. The number of rotatable bonds is 4. The number of aryl methyl sites for hydroxylation is 2. The summed E-state index contributed by atoms with van der Waals surface area (Å²) in [4.78, 5) is 4.26. The van der Waals surface area contributed by atoms with E-state index in [-0.39, 0.29) is 12.5 Å². The minimum atomic E-state index is -4.37. The van der Waals surface area contributed by atoms with Crippen molar-refractivity contribution in [2.24, 2.45) is 0 Å². The molecule has 0 atom stereocenters. The average molecular weight is 346 g/mol. The van der Waals surface area contributed by atoms with E-state index in [4.69, 9.17) is 9.15 Å². The highest BCUT2D eigenvalue weighted by molar-refractivity contribution is 5.54. The van der Waals surface area contributed by atoms with Gasteiger partial charge in [-0.15, -0.1) is 0 Å². The lowest BCUT2D eigenvalue weighted by Crippen LogP contribution is -2.03. The van der Waals surface area contributed by atoms with Crippen LogP contribution in [0, 0.1) is 19.9 Å². The van der Waals surface area contributed by atoms with Crippen molar-refractivity contribution in [2.45, 2.75) is 26.6 Å². The van der Waals surface area contributed by atoms with Crippen LogP contribution < -0.4 is 4.74 Å². The molecule has 0 bridgehead atoms. The van der Waals surface area contributed by atoms with Gasteiger partial charge in [0.05, 0.1) is 11.3 Å². The first-order valence-electron chi connectivity index (χ1n) is 7.58. The third-order valence-electron chi connectivity index (χ3n) is 3.62. The van der Waals surface area contributed by atoms with Crippen LogP contribution in [0.4, 0.5) is 13.2 Å². The molecule has 0 amide bonds. The van der Waals surface area contributed by atoms with Gasteiger partial charge < -0.3 is 9.15 Å². The molecule has 1 aromatic heterocycles. The third kappa shape index (κ3) is 4.02. The molecule has 3 nitrogen and oxygen atoms in total. The van der Waals surface area contributed by atoms with Crippen LogP contribution in [0.15, 0.2) is 46.9 Å². The second-order valence-electron chi connectivity index (χ2n) is 5.59. The van der Waals surface area contributed by atoms with Gasteiger partial charge in [-0.1, -0.05) is 12.1 Å². The lowest BCUT2D eigenvalue weighted by atomic mass is 10.1. The summed E-state index contributed by atoms with van der Waals surface area (Å²) in [5.74, 6) is 1.37. The van der Waals surface area contributed by atoms with Gasteiger partial charge in [0.1, 0.15) is 12.4 Å². The smallest absolute Gasteiger partial charge is 0.416 e. The summed E-state index contributed by atoms with van der Waals surface area (Å²) < 4.78 is 49.1. The molecule has 0 aliphatic carbocycles. The number of hydrogen-bond donors (Lipinski definition) is 0. The Morgan fingerprint density at radius 3 is 2.44 bits per heavy atom. The summed E-state index contributed by atoms with van der Waals surface area (Å²) >= 11 is 0. The molecule has 129 valence electrons. The quantitative estimate of drug-likeness (QED) is 0.638. The van der Waals surface area contributed by atoms with E-state index < -0.39 is 11.7 Å².